The van der Waals surface area contributed by atoms with Crippen LogP contribution in [0.5, 0.6) is 0 Å². The predicted molar refractivity (Wildman–Crippen MR) is 53.0 cm³/mol. The Balaban J connectivity index is 2.51. The van der Waals surface area contributed by atoms with Gasteiger partial charge in [0.15, 0.2) is 0 Å². The molecule has 12 heavy (non-hydrogen) atoms. The number of thiophene rings is 1. The minimum Gasteiger partial charge on any atom is -0.244 e. The van der Waals surface area contributed by atoms with Crippen molar-refractivity contribution >= 4 is 27.3 Å². The summed E-state index contributed by atoms with van der Waals surface area (Å²) in [5.41, 5.74) is 2.20. The molecular weight excluding hydrogens is 236 g/mol. The molecule has 0 atom stereocenters. The molecule has 0 bridgehead atoms. The number of halogens is 1. The monoisotopic (exact) mass is 240 g/mol. The zero-order chi connectivity index (χ0) is 8.39. The Morgan fingerprint density at radius 1 is 1.25 bits per heavy atom. The second-order valence-electron chi connectivity index (χ2n) is 2.24. The lowest BCUT2D eigenvalue weighted by molar-refractivity contribution is 1.17. The lowest BCUT2D eigenvalue weighted by atomic mass is 10.2. The molecule has 2 nitrogen and oxygen atoms in total. The highest BCUT2D eigenvalue weighted by Gasteiger charge is 2.02. The van der Waals surface area contributed by atoms with Crippen molar-refractivity contribution in [3.05, 3.63) is 34.0 Å². The third-order valence-electron chi connectivity index (χ3n) is 1.49. The SMILES string of the molecule is Brc1sccc1-c1cncnc1. The Hall–Kier alpha value is -0.740. The van der Waals surface area contributed by atoms with E-state index in [-0.39, 0.29) is 0 Å². The molecule has 0 aromatic carbocycles. The third kappa shape index (κ3) is 1.40. The summed E-state index contributed by atoms with van der Waals surface area (Å²) in [4.78, 5) is 7.91. The highest BCUT2D eigenvalue weighted by molar-refractivity contribution is 9.11. The Kier molecular flexibility index (Phi) is 2.19. The van der Waals surface area contributed by atoms with Crippen molar-refractivity contribution in [3.8, 4) is 11.1 Å². The maximum absolute atomic E-state index is 3.95. The first-order valence-electron chi connectivity index (χ1n) is 3.36. The van der Waals surface area contributed by atoms with Crippen molar-refractivity contribution in [2.24, 2.45) is 0 Å². The minimum atomic E-state index is 1.05. The standard InChI is InChI=1S/C8H5BrN2S/c9-8-7(1-2-12-8)6-3-10-5-11-4-6/h1-5H. The van der Waals surface area contributed by atoms with E-state index >= 15 is 0 Å². The van der Waals surface area contributed by atoms with Crippen LogP contribution < -0.4 is 0 Å². The van der Waals surface area contributed by atoms with Crippen LogP contribution in [0.2, 0.25) is 0 Å². The third-order valence-corrected chi connectivity index (χ3v) is 3.18. The lowest BCUT2D eigenvalue weighted by Crippen LogP contribution is -1.79. The van der Waals surface area contributed by atoms with Crippen LogP contribution in [0.4, 0.5) is 0 Å². The normalized spacial score (nSPS) is 10.1. The Morgan fingerprint density at radius 3 is 2.58 bits per heavy atom. The summed E-state index contributed by atoms with van der Waals surface area (Å²) in [6, 6.07) is 2.05. The van der Waals surface area contributed by atoms with E-state index in [4.69, 9.17) is 0 Å². The van der Waals surface area contributed by atoms with Crippen LogP contribution in [0.1, 0.15) is 0 Å². The fraction of sp³-hybridized carbons (Fsp3) is 0. The van der Waals surface area contributed by atoms with Gasteiger partial charge in [0.1, 0.15) is 6.33 Å². The summed E-state index contributed by atoms with van der Waals surface area (Å²) in [7, 11) is 0. The minimum absolute atomic E-state index is 1.05. The van der Waals surface area contributed by atoms with E-state index < -0.39 is 0 Å². The largest absolute Gasteiger partial charge is 0.244 e. The lowest BCUT2D eigenvalue weighted by Gasteiger charge is -1.95. The number of hydrogen-bond acceptors (Lipinski definition) is 3. The first kappa shape index (κ1) is 7.89. The molecule has 2 aromatic rings. The topological polar surface area (TPSA) is 25.8 Å². The summed E-state index contributed by atoms with van der Waals surface area (Å²) >= 11 is 5.13. The van der Waals surface area contributed by atoms with E-state index in [1.54, 1.807) is 23.7 Å². The molecule has 0 aliphatic carbocycles. The molecule has 2 heterocycles. The van der Waals surface area contributed by atoms with Crippen LogP contribution in [-0.4, -0.2) is 9.97 Å². The van der Waals surface area contributed by atoms with Crippen molar-refractivity contribution in [3.63, 3.8) is 0 Å². The molecule has 0 aliphatic heterocycles. The van der Waals surface area contributed by atoms with Gasteiger partial charge in [-0.2, -0.15) is 0 Å². The second kappa shape index (κ2) is 3.33. The van der Waals surface area contributed by atoms with Gasteiger partial charge in [-0.1, -0.05) is 0 Å². The van der Waals surface area contributed by atoms with E-state index in [1.165, 1.54) is 6.33 Å². The van der Waals surface area contributed by atoms with Crippen molar-refractivity contribution in [2.75, 3.05) is 0 Å². The van der Waals surface area contributed by atoms with Crippen LogP contribution in [0, 0.1) is 0 Å². The van der Waals surface area contributed by atoms with Gasteiger partial charge in [-0.15, -0.1) is 11.3 Å². The fourth-order valence-electron chi connectivity index (χ4n) is 0.939. The van der Waals surface area contributed by atoms with E-state index in [0.717, 1.165) is 14.9 Å². The highest BCUT2D eigenvalue weighted by atomic mass is 79.9. The molecule has 2 aromatic heterocycles. The van der Waals surface area contributed by atoms with Gasteiger partial charge in [-0.05, 0) is 27.4 Å². The number of rotatable bonds is 1. The molecule has 4 heteroatoms. The van der Waals surface area contributed by atoms with Crippen molar-refractivity contribution in [2.45, 2.75) is 0 Å². The molecule has 0 radical (unpaired) electrons. The quantitative estimate of drug-likeness (QED) is 0.767. The molecular formula is C8H5BrN2S. The highest BCUT2D eigenvalue weighted by Crippen LogP contribution is 2.31. The Bertz CT molecular complexity index is 372. The second-order valence-corrected chi connectivity index (χ2v) is 4.47. The first-order valence-corrected chi connectivity index (χ1v) is 5.03. The van der Waals surface area contributed by atoms with E-state index in [0.29, 0.717) is 0 Å². The maximum Gasteiger partial charge on any atom is 0.115 e. The summed E-state index contributed by atoms with van der Waals surface area (Å²) in [6.07, 6.45) is 5.14. The average Bonchev–Trinajstić information content (AvgIpc) is 2.53. The molecule has 0 saturated heterocycles. The van der Waals surface area contributed by atoms with E-state index in [1.807, 2.05) is 11.4 Å². The van der Waals surface area contributed by atoms with Gasteiger partial charge in [0.05, 0.1) is 3.79 Å². The van der Waals surface area contributed by atoms with Gasteiger partial charge in [0.25, 0.3) is 0 Å². The molecule has 0 saturated carbocycles. The van der Waals surface area contributed by atoms with Gasteiger partial charge in [0.2, 0.25) is 0 Å². The van der Waals surface area contributed by atoms with Gasteiger partial charge in [-0.3, -0.25) is 0 Å². The van der Waals surface area contributed by atoms with Gasteiger partial charge >= 0.3 is 0 Å². The van der Waals surface area contributed by atoms with Gasteiger partial charge < -0.3 is 0 Å². The van der Waals surface area contributed by atoms with Gasteiger partial charge in [0, 0.05) is 23.5 Å². The average molecular weight is 241 g/mol. The van der Waals surface area contributed by atoms with Crippen molar-refractivity contribution in [1.29, 1.82) is 0 Å². The number of nitrogens with zero attached hydrogens (tertiary/aromatic N) is 2. The predicted octanol–water partition coefficient (Wildman–Crippen LogP) is 2.97. The Labute approximate surface area is 82.4 Å². The van der Waals surface area contributed by atoms with E-state index in [2.05, 4.69) is 25.9 Å². The van der Waals surface area contributed by atoms with Crippen molar-refractivity contribution in [1.82, 2.24) is 9.97 Å². The fourth-order valence-corrected chi connectivity index (χ4v) is 2.26. The van der Waals surface area contributed by atoms with E-state index in [9.17, 15) is 0 Å². The van der Waals surface area contributed by atoms with Crippen LogP contribution in [0.15, 0.2) is 34.0 Å². The smallest absolute Gasteiger partial charge is 0.115 e. The van der Waals surface area contributed by atoms with Crippen LogP contribution in [-0.2, 0) is 0 Å². The van der Waals surface area contributed by atoms with Crippen LogP contribution >= 0.6 is 27.3 Å². The molecule has 2 rings (SSSR count). The first-order chi connectivity index (χ1) is 5.88. The summed E-state index contributed by atoms with van der Waals surface area (Å²) < 4.78 is 1.12. The molecule has 60 valence electrons. The number of aromatic nitrogens is 2. The molecule has 0 spiro atoms. The zero-order valence-electron chi connectivity index (χ0n) is 6.07. The molecule has 0 fully saturated rings. The molecule has 0 aliphatic rings. The number of hydrogen-bond donors (Lipinski definition) is 0. The van der Waals surface area contributed by atoms with Crippen LogP contribution in [0.3, 0.4) is 0 Å². The Morgan fingerprint density at radius 2 is 2.00 bits per heavy atom. The summed E-state index contributed by atoms with van der Waals surface area (Å²) in [5, 5.41) is 2.03. The molecule has 0 amide bonds. The van der Waals surface area contributed by atoms with Crippen molar-refractivity contribution < 1.29 is 0 Å². The maximum atomic E-state index is 3.95. The summed E-state index contributed by atoms with van der Waals surface area (Å²) in [6.45, 7) is 0. The van der Waals surface area contributed by atoms with Crippen LogP contribution in [0.25, 0.3) is 11.1 Å². The molecule has 0 N–H and O–H groups in total. The molecule has 0 unspecified atom stereocenters. The summed E-state index contributed by atoms with van der Waals surface area (Å²) in [5.74, 6) is 0. The zero-order valence-corrected chi connectivity index (χ0v) is 8.47. The van der Waals surface area contributed by atoms with Gasteiger partial charge in [-0.25, -0.2) is 9.97 Å².